The van der Waals surface area contributed by atoms with E-state index in [2.05, 4.69) is 10.5 Å². The molecule has 1 atom stereocenters. The first-order chi connectivity index (χ1) is 13.5. The van der Waals surface area contributed by atoms with E-state index >= 15 is 0 Å². The van der Waals surface area contributed by atoms with Crippen LogP contribution in [0.25, 0.3) is 6.08 Å². The Balaban J connectivity index is 1.76. The number of nitrogens with zero attached hydrogens (tertiary/aromatic N) is 1. The van der Waals surface area contributed by atoms with E-state index < -0.39 is 12.2 Å². The zero-order valence-corrected chi connectivity index (χ0v) is 15.8. The Kier molecular flexibility index (Phi) is 6.18. The molecule has 0 bridgehead atoms. The number of phenolic OH excluding ortho intramolecular Hbond substituents is 1. The van der Waals surface area contributed by atoms with Crippen molar-refractivity contribution >= 4 is 29.8 Å². The maximum absolute atomic E-state index is 12.1. The molecule has 1 amide bonds. The van der Waals surface area contributed by atoms with Crippen molar-refractivity contribution in [2.24, 2.45) is 5.10 Å². The summed E-state index contributed by atoms with van der Waals surface area (Å²) in [6, 6.07) is 7.73. The molecule has 0 fully saturated rings. The van der Waals surface area contributed by atoms with Crippen molar-refractivity contribution in [1.82, 2.24) is 5.43 Å². The second kappa shape index (κ2) is 8.77. The third-order valence-electron chi connectivity index (χ3n) is 3.87. The lowest BCUT2D eigenvalue weighted by Gasteiger charge is -2.04. The summed E-state index contributed by atoms with van der Waals surface area (Å²) in [7, 11) is 0. The second-order valence-corrected chi connectivity index (χ2v) is 6.43. The molecule has 1 aliphatic heterocycles. The summed E-state index contributed by atoms with van der Waals surface area (Å²) in [4.78, 5) is 12.1. The molecule has 3 N–H and O–H groups in total. The van der Waals surface area contributed by atoms with Crippen LogP contribution in [0, 0.1) is 0 Å². The van der Waals surface area contributed by atoms with Gasteiger partial charge in [0.15, 0.2) is 11.5 Å². The first-order valence-corrected chi connectivity index (χ1v) is 8.96. The summed E-state index contributed by atoms with van der Waals surface area (Å²) in [6.45, 7) is 1.85. The number of hydrogen-bond donors (Lipinski definition) is 3. The number of phenols is 1. The van der Waals surface area contributed by atoms with Crippen LogP contribution >= 0.6 is 11.6 Å². The Bertz CT molecular complexity index is 942. The number of hydrogen-bond acceptors (Lipinski definition) is 6. The number of aliphatic hydroxyl groups excluding tert-OH is 1. The van der Waals surface area contributed by atoms with E-state index in [1.165, 1.54) is 24.4 Å². The van der Waals surface area contributed by atoms with E-state index in [0.29, 0.717) is 23.5 Å². The molecule has 1 unspecified atom stereocenters. The van der Waals surface area contributed by atoms with Gasteiger partial charge in [-0.1, -0.05) is 23.8 Å². The number of halogens is 1. The molecule has 1 heterocycles. The Labute approximate surface area is 166 Å². The van der Waals surface area contributed by atoms with E-state index in [-0.39, 0.29) is 22.9 Å². The molecular weight excluding hydrogens is 384 g/mol. The molecular formula is C20H19ClN2O5. The zero-order chi connectivity index (χ0) is 20.1. The highest BCUT2D eigenvalue weighted by Gasteiger charge is 2.23. The first kappa shape index (κ1) is 19.7. The van der Waals surface area contributed by atoms with E-state index in [9.17, 15) is 9.90 Å². The van der Waals surface area contributed by atoms with Crippen LogP contribution in [0.3, 0.4) is 0 Å². The van der Waals surface area contributed by atoms with E-state index in [0.717, 1.165) is 5.56 Å². The molecule has 0 radical (unpaired) electrons. The molecule has 0 aliphatic carbocycles. The van der Waals surface area contributed by atoms with Gasteiger partial charge in [-0.3, -0.25) is 4.79 Å². The Morgan fingerprint density at radius 3 is 2.89 bits per heavy atom. The zero-order valence-electron chi connectivity index (χ0n) is 15.1. The lowest BCUT2D eigenvalue weighted by Crippen LogP contribution is -2.17. The smallest absolute Gasteiger partial charge is 0.271 e. The van der Waals surface area contributed by atoms with Crippen molar-refractivity contribution in [1.29, 1.82) is 0 Å². The Morgan fingerprint density at radius 2 is 2.14 bits per heavy atom. The fourth-order valence-corrected chi connectivity index (χ4v) is 2.77. The Hall–Kier alpha value is -3.03. The normalized spacial score (nSPS) is 15.5. The largest absolute Gasteiger partial charge is 0.506 e. The van der Waals surface area contributed by atoms with Crippen LogP contribution in [0.4, 0.5) is 0 Å². The molecule has 0 spiro atoms. The SMILES string of the molecule is CC1Oc2cc(/C=N/NC(=O)c3ccc(O)c(Cl)c3)cc(/C=C/CCO)c2O1. The molecule has 7 nitrogen and oxygen atoms in total. The molecule has 2 aromatic rings. The second-order valence-electron chi connectivity index (χ2n) is 6.02. The van der Waals surface area contributed by atoms with Gasteiger partial charge in [0.2, 0.25) is 6.29 Å². The lowest BCUT2D eigenvalue weighted by atomic mass is 10.1. The topological polar surface area (TPSA) is 100 Å². The maximum Gasteiger partial charge on any atom is 0.271 e. The highest BCUT2D eigenvalue weighted by Crippen LogP contribution is 2.39. The van der Waals surface area contributed by atoms with Crippen molar-refractivity contribution in [3.8, 4) is 17.2 Å². The van der Waals surface area contributed by atoms with Crippen LogP contribution in [0.2, 0.25) is 5.02 Å². The first-order valence-electron chi connectivity index (χ1n) is 8.58. The van der Waals surface area contributed by atoms with Gasteiger partial charge in [0.1, 0.15) is 5.75 Å². The van der Waals surface area contributed by atoms with Crippen LogP contribution in [-0.2, 0) is 0 Å². The molecule has 2 aromatic carbocycles. The van der Waals surface area contributed by atoms with Crippen LogP contribution in [0.15, 0.2) is 41.5 Å². The number of aromatic hydroxyl groups is 1. The van der Waals surface area contributed by atoms with Gasteiger partial charge in [-0.2, -0.15) is 5.10 Å². The molecule has 8 heteroatoms. The lowest BCUT2D eigenvalue weighted by molar-refractivity contribution is 0.0677. The van der Waals surface area contributed by atoms with Crippen LogP contribution in [-0.4, -0.2) is 35.2 Å². The number of carbonyl (C=O) groups excluding carboxylic acids is 1. The number of hydrazone groups is 1. The van der Waals surface area contributed by atoms with Gasteiger partial charge >= 0.3 is 0 Å². The van der Waals surface area contributed by atoms with Crippen LogP contribution < -0.4 is 14.9 Å². The fraction of sp³-hybridized carbons (Fsp3) is 0.200. The molecule has 146 valence electrons. The standard InChI is InChI=1S/C20H19ClN2O5/c1-12-27-18-9-13(8-14(19(18)28-12)4-2-3-7-24)11-22-23-20(26)15-5-6-17(25)16(21)10-15/h2,4-6,8-12,24-25H,3,7H2,1H3,(H,23,26)/b4-2+,22-11+. The minimum atomic E-state index is -0.462. The quantitative estimate of drug-likeness (QED) is 0.508. The van der Waals surface area contributed by atoms with Crippen molar-refractivity contribution in [3.63, 3.8) is 0 Å². The number of amides is 1. The molecule has 3 rings (SSSR count). The average Bonchev–Trinajstić information content (AvgIpc) is 3.04. The molecule has 1 aliphatic rings. The fourth-order valence-electron chi connectivity index (χ4n) is 2.59. The van der Waals surface area contributed by atoms with Crippen molar-refractivity contribution in [2.75, 3.05) is 6.61 Å². The van der Waals surface area contributed by atoms with Gasteiger partial charge in [0, 0.05) is 24.7 Å². The third kappa shape index (κ3) is 4.62. The maximum atomic E-state index is 12.1. The number of aliphatic hydroxyl groups is 1. The number of ether oxygens (including phenoxy) is 2. The minimum absolute atomic E-state index is 0.0565. The molecule has 28 heavy (non-hydrogen) atoms. The monoisotopic (exact) mass is 402 g/mol. The van der Waals surface area contributed by atoms with Gasteiger partial charge in [-0.15, -0.1) is 0 Å². The van der Waals surface area contributed by atoms with Crippen molar-refractivity contribution in [3.05, 3.63) is 58.1 Å². The van der Waals surface area contributed by atoms with E-state index in [4.69, 9.17) is 26.2 Å². The number of rotatable bonds is 6. The van der Waals surface area contributed by atoms with Crippen LogP contribution in [0.5, 0.6) is 17.2 Å². The van der Waals surface area contributed by atoms with Crippen molar-refractivity contribution in [2.45, 2.75) is 19.6 Å². The summed E-state index contributed by atoms with van der Waals surface area (Å²) < 4.78 is 11.3. The predicted molar refractivity (Wildman–Crippen MR) is 106 cm³/mol. The summed E-state index contributed by atoms with van der Waals surface area (Å²) in [6.07, 6.45) is 5.28. The number of nitrogens with one attached hydrogen (secondary N) is 1. The summed E-state index contributed by atoms with van der Waals surface area (Å²) in [5.41, 5.74) is 4.16. The summed E-state index contributed by atoms with van der Waals surface area (Å²) in [5, 5.41) is 22.4. The Morgan fingerprint density at radius 1 is 1.32 bits per heavy atom. The van der Waals surface area contributed by atoms with E-state index in [1.54, 1.807) is 13.0 Å². The van der Waals surface area contributed by atoms with Gasteiger partial charge in [0.25, 0.3) is 5.91 Å². The highest BCUT2D eigenvalue weighted by atomic mass is 35.5. The number of fused-ring (bicyclic) bond motifs is 1. The predicted octanol–water partition coefficient (Wildman–Crippen LogP) is 3.32. The number of benzene rings is 2. The highest BCUT2D eigenvalue weighted by molar-refractivity contribution is 6.32. The molecule has 0 saturated carbocycles. The minimum Gasteiger partial charge on any atom is -0.506 e. The molecule has 0 saturated heterocycles. The third-order valence-corrected chi connectivity index (χ3v) is 4.17. The van der Waals surface area contributed by atoms with E-state index in [1.807, 2.05) is 18.2 Å². The molecule has 0 aromatic heterocycles. The number of carbonyl (C=O) groups is 1. The van der Waals surface area contributed by atoms with Gasteiger partial charge in [0.05, 0.1) is 11.2 Å². The van der Waals surface area contributed by atoms with Gasteiger partial charge in [-0.05, 0) is 42.3 Å². The summed E-state index contributed by atoms with van der Waals surface area (Å²) in [5.74, 6) is 0.645. The van der Waals surface area contributed by atoms with Crippen molar-refractivity contribution < 1.29 is 24.5 Å². The van der Waals surface area contributed by atoms with Crippen LogP contribution in [0.1, 0.15) is 34.8 Å². The summed E-state index contributed by atoms with van der Waals surface area (Å²) >= 11 is 5.81. The van der Waals surface area contributed by atoms with Gasteiger partial charge in [-0.25, -0.2) is 5.43 Å². The van der Waals surface area contributed by atoms with Gasteiger partial charge < -0.3 is 19.7 Å². The average molecular weight is 403 g/mol.